The molecule has 0 unspecified atom stereocenters. The molecule has 3 nitrogen and oxygen atoms in total. The van der Waals surface area contributed by atoms with Crippen molar-refractivity contribution in [2.75, 3.05) is 4.90 Å². The van der Waals surface area contributed by atoms with Gasteiger partial charge in [-0.05, 0) is 53.6 Å². The van der Waals surface area contributed by atoms with E-state index in [1.807, 2.05) is 0 Å². The number of halogens is 2. The fraction of sp³-hybridized carbons (Fsp3) is 0.500. The summed E-state index contributed by atoms with van der Waals surface area (Å²) in [5.74, 6) is -0.0724. The van der Waals surface area contributed by atoms with Gasteiger partial charge in [0.25, 0.3) is 0 Å². The first-order valence-corrected chi connectivity index (χ1v) is 8.82. The molecular weight excluding hydrogens is 401 g/mol. The zero-order valence-electron chi connectivity index (χ0n) is 11.7. The molecule has 0 radical (unpaired) electrons. The SMILES string of the molecule is O=C1CC2(CCCCCC2)C(=O)N1c1ccc(Cl)cc1I. The van der Waals surface area contributed by atoms with Crippen molar-refractivity contribution in [2.45, 2.75) is 44.9 Å². The summed E-state index contributed by atoms with van der Waals surface area (Å²) in [7, 11) is 0. The van der Waals surface area contributed by atoms with Crippen molar-refractivity contribution in [1.82, 2.24) is 0 Å². The Labute approximate surface area is 143 Å². The van der Waals surface area contributed by atoms with Crippen LogP contribution in [-0.2, 0) is 9.59 Å². The fourth-order valence-electron chi connectivity index (χ4n) is 3.50. The summed E-state index contributed by atoms with van der Waals surface area (Å²) in [6.07, 6.45) is 6.49. The highest BCUT2D eigenvalue weighted by molar-refractivity contribution is 14.1. The topological polar surface area (TPSA) is 37.4 Å². The van der Waals surface area contributed by atoms with E-state index in [2.05, 4.69) is 22.6 Å². The van der Waals surface area contributed by atoms with Gasteiger partial charge in [-0.1, -0.05) is 37.3 Å². The lowest BCUT2D eigenvalue weighted by molar-refractivity contribution is -0.126. The summed E-state index contributed by atoms with van der Waals surface area (Å²) in [6.45, 7) is 0. The quantitative estimate of drug-likeness (QED) is 0.497. The van der Waals surface area contributed by atoms with Gasteiger partial charge in [0.15, 0.2) is 0 Å². The van der Waals surface area contributed by atoms with Crippen LogP contribution < -0.4 is 4.90 Å². The maximum atomic E-state index is 13.0. The van der Waals surface area contributed by atoms with Gasteiger partial charge in [-0.3, -0.25) is 9.59 Å². The second-order valence-corrected chi connectivity index (χ2v) is 7.60. The molecule has 1 spiro atoms. The Hall–Kier alpha value is -0.620. The Balaban J connectivity index is 1.97. The Bertz CT molecular complexity index is 594. The maximum Gasteiger partial charge on any atom is 0.240 e. The molecule has 5 heteroatoms. The molecule has 1 aromatic carbocycles. The lowest BCUT2D eigenvalue weighted by Crippen LogP contribution is -2.36. The van der Waals surface area contributed by atoms with Crippen LogP contribution in [0.4, 0.5) is 5.69 Å². The van der Waals surface area contributed by atoms with E-state index < -0.39 is 5.41 Å². The second kappa shape index (κ2) is 5.88. The van der Waals surface area contributed by atoms with Gasteiger partial charge in [0.2, 0.25) is 11.8 Å². The minimum atomic E-state index is -0.448. The fourth-order valence-corrected chi connectivity index (χ4v) is 4.61. The molecule has 0 bridgehead atoms. The van der Waals surface area contributed by atoms with E-state index in [1.165, 1.54) is 17.7 Å². The predicted molar refractivity (Wildman–Crippen MR) is 91.4 cm³/mol. The molecule has 21 heavy (non-hydrogen) atoms. The highest BCUT2D eigenvalue weighted by atomic mass is 127. The average molecular weight is 418 g/mol. The van der Waals surface area contributed by atoms with Crippen LogP contribution in [0.15, 0.2) is 18.2 Å². The molecule has 1 aliphatic carbocycles. The van der Waals surface area contributed by atoms with Crippen molar-refractivity contribution < 1.29 is 9.59 Å². The van der Waals surface area contributed by atoms with Crippen molar-refractivity contribution in [3.05, 3.63) is 26.8 Å². The third-order valence-electron chi connectivity index (χ3n) is 4.61. The molecule has 2 fully saturated rings. The Kier molecular flexibility index (Phi) is 4.28. The molecule has 112 valence electrons. The molecule has 1 saturated heterocycles. The lowest BCUT2D eigenvalue weighted by Gasteiger charge is -2.25. The molecule has 1 aliphatic heterocycles. The molecular formula is C16H17ClINO2. The molecule has 1 aromatic rings. The summed E-state index contributed by atoms with van der Waals surface area (Å²) < 4.78 is 0.840. The van der Waals surface area contributed by atoms with E-state index >= 15 is 0 Å². The van der Waals surface area contributed by atoms with Crippen LogP contribution in [0.2, 0.25) is 5.02 Å². The van der Waals surface area contributed by atoms with Crippen molar-refractivity contribution in [3.63, 3.8) is 0 Å². The Morgan fingerprint density at radius 2 is 1.76 bits per heavy atom. The summed E-state index contributed by atoms with van der Waals surface area (Å²) in [5, 5.41) is 0.617. The van der Waals surface area contributed by atoms with E-state index in [0.29, 0.717) is 17.1 Å². The third-order valence-corrected chi connectivity index (χ3v) is 5.71. The number of carbonyl (C=O) groups excluding carboxylic acids is 2. The monoisotopic (exact) mass is 417 g/mol. The van der Waals surface area contributed by atoms with E-state index in [0.717, 1.165) is 29.3 Å². The molecule has 0 atom stereocenters. The average Bonchev–Trinajstić information content (AvgIpc) is 2.60. The van der Waals surface area contributed by atoms with Gasteiger partial charge in [-0.2, -0.15) is 0 Å². The van der Waals surface area contributed by atoms with E-state index in [4.69, 9.17) is 11.6 Å². The highest BCUT2D eigenvalue weighted by Gasteiger charge is 2.51. The largest absolute Gasteiger partial charge is 0.274 e. The van der Waals surface area contributed by atoms with Gasteiger partial charge in [-0.25, -0.2) is 4.90 Å². The van der Waals surface area contributed by atoms with Crippen LogP contribution in [0.25, 0.3) is 0 Å². The first-order chi connectivity index (χ1) is 10.0. The number of amides is 2. The number of carbonyl (C=O) groups is 2. The number of benzene rings is 1. The Morgan fingerprint density at radius 3 is 2.38 bits per heavy atom. The van der Waals surface area contributed by atoms with Crippen LogP contribution in [0, 0.1) is 8.99 Å². The molecule has 0 N–H and O–H groups in total. The lowest BCUT2D eigenvalue weighted by atomic mass is 9.79. The molecule has 1 heterocycles. The van der Waals surface area contributed by atoms with E-state index in [9.17, 15) is 9.59 Å². The number of hydrogen-bond acceptors (Lipinski definition) is 2. The zero-order chi connectivity index (χ0) is 15.0. The van der Waals surface area contributed by atoms with Crippen LogP contribution in [0.5, 0.6) is 0 Å². The van der Waals surface area contributed by atoms with Gasteiger partial charge < -0.3 is 0 Å². The van der Waals surface area contributed by atoms with Crippen molar-refractivity contribution in [2.24, 2.45) is 5.41 Å². The summed E-state index contributed by atoms with van der Waals surface area (Å²) >= 11 is 8.10. The van der Waals surface area contributed by atoms with E-state index in [-0.39, 0.29) is 11.8 Å². The normalized spacial score (nSPS) is 21.9. The summed E-state index contributed by atoms with van der Waals surface area (Å²) in [6, 6.07) is 5.30. The first kappa shape index (κ1) is 15.3. The maximum absolute atomic E-state index is 13.0. The molecule has 0 aromatic heterocycles. The number of anilines is 1. The summed E-state index contributed by atoms with van der Waals surface area (Å²) in [5.41, 5.74) is 0.229. The van der Waals surface area contributed by atoms with Crippen LogP contribution >= 0.6 is 34.2 Å². The number of hydrogen-bond donors (Lipinski definition) is 0. The second-order valence-electron chi connectivity index (χ2n) is 6.00. The molecule has 2 aliphatic rings. The predicted octanol–water partition coefficient (Wildman–Crippen LogP) is 4.55. The van der Waals surface area contributed by atoms with Gasteiger partial charge in [0.1, 0.15) is 0 Å². The minimum Gasteiger partial charge on any atom is -0.274 e. The molecule has 3 rings (SSSR count). The van der Waals surface area contributed by atoms with Crippen molar-refractivity contribution >= 4 is 51.7 Å². The van der Waals surface area contributed by atoms with Crippen molar-refractivity contribution in [3.8, 4) is 0 Å². The van der Waals surface area contributed by atoms with Gasteiger partial charge in [0.05, 0.1) is 11.1 Å². The zero-order valence-corrected chi connectivity index (χ0v) is 14.6. The van der Waals surface area contributed by atoms with Gasteiger partial charge >= 0.3 is 0 Å². The van der Waals surface area contributed by atoms with Gasteiger partial charge in [-0.15, -0.1) is 0 Å². The van der Waals surface area contributed by atoms with Crippen LogP contribution in [0.3, 0.4) is 0 Å². The van der Waals surface area contributed by atoms with Crippen LogP contribution in [0.1, 0.15) is 44.9 Å². The van der Waals surface area contributed by atoms with Crippen LogP contribution in [-0.4, -0.2) is 11.8 Å². The molecule has 2 amide bonds. The van der Waals surface area contributed by atoms with Gasteiger partial charge in [0, 0.05) is 15.0 Å². The number of imide groups is 1. The highest BCUT2D eigenvalue weighted by Crippen LogP contribution is 2.46. The summed E-state index contributed by atoms with van der Waals surface area (Å²) in [4.78, 5) is 26.8. The standard InChI is InChI=1S/C16H17ClINO2/c17-11-5-6-13(12(18)9-11)19-14(20)10-16(15(19)21)7-3-1-2-4-8-16/h5-6,9H,1-4,7-8,10H2. The minimum absolute atomic E-state index is 0.00496. The number of rotatable bonds is 1. The third kappa shape index (κ3) is 2.72. The Morgan fingerprint density at radius 1 is 1.10 bits per heavy atom. The van der Waals surface area contributed by atoms with Crippen molar-refractivity contribution in [1.29, 1.82) is 0 Å². The smallest absolute Gasteiger partial charge is 0.240 e. The first-order valence-electron chi connectivity index (χ1n) is 7.36. The number of nitrogens with zero attached hydrogens (tertiary/aromatic N) is 1. The molecule has 1 saturated carbocycles. The van der Waals surface area contributed by atoms with E-state index in [1.54, 1.807) is 18.2 Å².